The van der Waals surface area contributed by atoms with E-state index in [1.165, 1.54) is 64.2 Å². The molecular weight excluding hydrogens is 480 g/mol. The van der Waals surface area contributed by atoms with Gasteiger partial charge in [-0.15, -0.1) is 4.67 Å². The average Bonchev–Trinajstić information content (AvgIpc) is 2.78. The molecule has 5 N–H and O–H groups in total. The van der Waals surface area contributed by atoms with Crippen molar-refractivity contribution in [1.82, 2.24) is 0 Å². The molecule has 0 saturated heterocycles. The van der Waals surface area contributed by atoms with Gasteiger partial charge in [0.2, 0.25) is 0 Å². The summed E-state index contributed by atoms with van der Waals surface area (Å²) in [7, 11) is -10.1. The molecule has 0 amide bonds. The van der Waals surface area contributed by atoms with Crippen LogP contribution in [0.4, 0.5) is 0 Å². The van der Waals surface area contributed by atoms with Crippen molar-refractivity contribution in [3.05, 3.63) is 0 Å². The summed E-state index contributed by atoms with van der Waals surface area (Å²) in [5, 5.41) is -2.68. The van der Waals surface area contributed by atoms with Crippen LogP contribution in [0.5, 0.6) is 0 Å². The third-order valence-electron chi connectivity index (χ3n) is 5.88. The van der Waals surface area contributed by atoms with Crippen LogP contribution in [0.3, 0.4) is 0 Å². The summed E-state index contributed by atoms with van der Waals surface area (Å²) in [6.07, 6.45) is 16.9. The molecule has 11 heteroatoms. The number of unbranched alkanes of at least 4 members (excludes halogenated alkanes) is 13. The minimum absolute atomic E-state index is 0.0600. The van der Waals surface area contributed by atoms with Crippen molar-refractivity contribution < 1.29 is 38.1 Å². The SMILES string of the molecule is CCCCCCCCCCCCCCCCOOP(=O)(O)C(CCCN)(OCCC)P(=O)(O)O. The number of hydrogen-bond acceptors (Lipinski definition) is 6. The maximum atomic E-state index is 12.8. The molecule has 0 aromatic carbocycles. The first-order chi connectivity index (χ1) is 16.2. The monoisotopic (exact) mass is 531 g/mol. The Morgan fingerprint density at radius 2 is 1.15 bits per heavy atom. The third-order valence-corrected chi connectivity index (χ3v) is 10.2. The summed E-state index contributed by atoms with van der Waals surface area (Å²) in [6, 6.07) is 0. The van der Waals surface area contributed by atoms with Crippen LogP contribution in [0, 0.1) is 0 Å². The van der Waals surface area contributed by atoms with Gasteiger partial charge in [0.15, 0.2) is 0 Å². The lowest BCUT2D eigenvalue weighted by Gasteiger charge is -2.35. The first kappa shape index (κ1) is 34.2. The van der Waals surface area contributed by atoms with Gasteiger partial charge in [-0.05, 0) is 25.8 Å². The molecule has 2 unspecified atom stereocenters. The van der Waals surface area contributed by atoms with Crippen LogP contribution in [0.2, 0.25) is 0 Å². The van der Waals surface area contributed by atoms with Gasteiger partial charge in [-0.25, -0.2) is 4.89 Å². The second-order valence-corrected chi connectivity index (χ2v) is 13.1. The number of rotatable bonds is 25. The van der Waals surface area contributed by atoms with Crippen molar-refractivity contribution >= 4 is 15.2 Å². The van der Waals surface area contributed by atoms with Crippen LogP contribution in [0.1, 0.15) is 123 Å². The fraction of sp³-hybridized carbons (Fsp3) is 1.00. The van der Waals surface area contributed by atoms with Gasteiger partial charge in [0.05, 0.1) is 6.61 Å². The molecule has 34 heavy (non-hydrogen) atoms. The second kappa shape index (κ2) is 20.3. The quantitative estimate of drug-likeness (QED) is 0.0442. The molecule has 0 aliphatic heterocycles. The van der Waals surface area contributed by atoms with E-state index in [0.717, 1.165) is 19.3 Å². The summed E-state index contributed by atoms with van der Waals surface area (Å²) in [4.78, 5) is 34.9. The Hall–Kier alpha value is 0.180. The van der Waals surface area contributed by atoms with Gasteiger partial charge in [0, 0.05) is 13.0 Å². The van der Waals surface area contributed by atoms with E-state index in [-0.39, 0.29) is 26.2 Å². The Balaban J connectivity index is 4.12. The van der Waals surface area contributed by atoms with E-state index in [9.17, 15) is 23.8 Å². The molecule has 2 atom stereocenters. The molecule has 0 bridgehead atoms. The van der Waals surface area contributed by atoms with Crippen molar-refractivity contribution in [2.24, 2.45) is 5.73 Å². The molecule has 0 heterocycles. The molecule has 0 rings (SSSR count). The Labute approximate surface area is 207 Å². The highest BCUT2D eigenvalue weighted by molar-refractivity contribution is 7.72. The van der Waals surface area contributed by atoms with Gasteiger partial charge in [-0.1, -0.05) is 97.3 Å². The fourth-order valence-electron chi connectivity index (χ4n) is 3.81. The Morgan fingerprint density at radius 3 is 1.56 bits per heavy atom. The topological polar surface area (TPSA) is 149 Å². The zero-order valence-corrected chi connectivity index (χ0v) is 23.3. The Kier molecular flexibility index (Phi) is 20.4. The molecule has 0 radical (unpaired) electrons. The van der Waals surface area contributed by atoms with Gasteiger partial charge in [-0.2, -0.15) is 0 Å². The third kappa shape index (κ3) is 14.1. The fourth-order valence-corrected chi connectivity index (χ4v) is 6.96. The van der Waals surface area contributed by atoms with Gasteiger partial charge in [-0.3, -0.25) is 9.13 Å². The van der Waals surface area contributed by atoms with Crippen molar-refractivity contribution in [1.29, 1.82) is 0 Å². The lowest BCUT2D eigenvalue weighted by atomic mass is 10.0. The highest BCUT2D eigenvalue weighted by Gasteiger charge is 2.63. The molecule has 0 aliphatic rings. The molecule has 9 nitrogen and oxygen atoms in total. The summed E-state index contributed by atoms with van der Waals surface area (Å²) < 4.78 is 34.9. The number of ether oxygens (including phenoxy) is 1. The molecule has 0 aliphatic carbocycles. The first-order valence-electron chi connectivity index (χ1n) is 13.2. The lowest BCUT2D eigenvalue weighted by molar-refractivity contribution is -0.220. The van der Waals surface area contributed by atoms with E-state index in [1.807, 2.05) is 0 Å². The molecule has 206 valence electrons. The largest absolute Gasteiger partial charge is 0.398 e. The molecule has 0 aromatic heterocycles. The van der Waals surface area contributed by atoms with Gasteiger partial charge in [0.1, 0.15) is 0 Å². The number of nitrogens with two attached hydrogens (primary N) is 1. The van der Waals surface area contributed by atoms with E-state index in [0.29, 0.717) is 12.8 Å². The van der Waals surface area contributed by atoms with Gasteiger partial charge >= 0.3 is 15.2 Å². The van der Waals surface area contributed by atoms with Crippen molar-refractivity contribution in [3.8, 4) is 0 Å². The lowest BCUT2D eigenvalue weighted by Crippen LogP contribution is -2.34. The summed E-state index contributed by atoms with van der Waals surface area (Å²) in [5.74, 6) is 0. The van der Waals surface area contributed by atoms with Gasteiger partial charge in [0.25, 0.3) is 5.08 Å². The smallest absolute Gasteiger partial charge is 0.352 e. The van der Waals surface area contributed by atoms with Crippen molar-refractivity contribution in [2.75, 3.05) is 19.8 Å². The predicted molar refractivity (Wildman–Crippen MR) is 136 cm³/mol. The van der Waals surface area contributed by atoms with Crippen molar-refractivity contribution in [3.63, 3.8) is 0 Å². The van der Waals surface area contributed by atoms with Crippen molar-refractivity contribution in [2.45, 2.75) is 128 Å². The minimum Gasteiger partial charge on any atom is -0.352 e. The standard InChI is InChI=1S/C23H51NO8P2/c1-3-5-6-7-8-9-10-11-12-13-14-15-16-17-22-31-32-34(28,29)23(19-18-20-24,30-21-4-2)33(25,26)27/h3-22,24H2,1-2H3,(H,28,29)(H2,25,26,27). The maximum absolute atomic E-state index is 12.8. The molecule has 0 spiro atoms. The molecule has 0 fully saturated rings. The summed E-state index contributed by atoms with van der Waals surface area (Å²) in [5.41, 5.74) is 5.44. The minimum atomic E-state index is -5.17. The second-order valence-electron chi connectivity index (χ2n) is 9.04. The predicted octanol–water partition coefficient (Wildman–Crippen LogP) is 6.60. The zero-order valence-electron chi connectivity index (χ0n) is 21.5. The number of hydrogen-bond donors (Lipinski definition) is 4. The van der Waals surface area contributed by atoms with Crippen LogP contribution < -0.4 is 5.73 Å². The van der Waals surface area contributed by atoms with E-state index in [1.54, 1.807) is 6.92 Å². The normalized spacial score (nSPS) is 15.8. The van der Waals surface area contributed by atoms with E-state index in [2.05, 4.69) is 11.6 Å². The van der Waals surface area contributed by atoms with Gasteiger partial charge < -0.3 is 25.2 Å². The zero-order chi connectivity index (χ0) is 25.8. The van der Waals surface area contributed by atoms with Crippen LogP contribution in [-0.2, 0) is 23.4 Å². The van der Waals surface area contributed by atoms with Crippen LogP contribution >= 0.6 is 15.2 Å². The highest BCUT2D eigenvalue weighted by Crippen LogP contribution is 2.73. The molecule has 0 aromatic rings. The Morgan fingerprint density at radius 1 is 0.676 bits per heavy atom. The van der Waals surface area contributed by atoms with E-state index >= 15 is 0 Å². The summed E-state index contributed by atoms with van der Waals surface area (Å²) >= 11 is 0. The van der Waals surface area contributed by atoms with Crippen LogP contribution in [-0.4, -0.2) is 39.5 Å². The van der Waals surface area contributed by atoms with Crippen LogP contribution in [0.25, 0.3) is 0 Å². The maximum Gasteiger partial charge on any atom is 0.398 e. The highest BCUT2D eigenvalue weighted by atomic mass is 31.2. The van der Waals surface area contributed by atoms with E-state index < -0.39 is 26.7 Å². The summed E-state index contributed by atoms with van der Waals surface area (Å²) in [6.45, 7) is 4.00. The Bertz CT molecular complexity index is 565. The average molecular weight is 532 g/mol. The van der Waals surface area contributed by atoms with E-state index in [4.69, 9.17) is 15.4 Å². The molecular formula is C23H51NO8P2. The van der Waals surface area contributed by atoms with Crippen LogP contribution in [0.15, 0.2) is 0 Å². The molecule has 0 saturated carbocycles. The first-order valence-corrected chi connectivity index (χ1v) is 16.4.